The Labute approximate surface area is 210 Å². The van der Waals surface area contributed by atoms with Crippen molar-refractivity contribution in [3.05, 3.63) is 95.3 Å². The minimum atomic E-state index is -1.57. The first-order valence-electron chi connectivity index (χ1n) is 11.0. The van der Waals surface area contributed by atoms with E-state index in [0.29, 0.717) is 16.2 Å². The average Bonchev–Trinajstić information content (AvgIpc) is 2.87. The maximum atomic E-state index is 14.1. The van der Waals surface area contributed by atoms with E-state index in [1.807, 2.05) is 18.3 Å². The number of hydrogen-bond acceptors (Lipinski definition) is 6. The molecule has 0 unspecified atom stereocenters. The van der Waals surface area contributed by atoms with Crippen molar-refractivity contribution in [3.63, 3.8) is 0 Å². The summed E-state index contributed by atoms with van der Waals surface area (Å²) in [6.45, 7) is 1.88. The van der Waals surface area contributed by atoms with Crippen LogP contribution in [0.4, 0.5) is 20.6 Å². The van der Waals surface area contributed by atoms with E-state index in [-0.39, 0.29) is 17.2 Å². The van der Waals surface area contributed by atoms with Crippen molar-refractivity contribution in [1.29, 1.82) is 0 Å². The number of halogens is 1. The molecule has 0 aromatic heterocycles. The number of hydrazone groups is 1. The molecule has 1 fully saturated rings. The number of anilines is 2. The van der Waals surface area contributed by atoms with Crippen LogP contribution in [0.2, 0.25) is 0 Å². The van der Waals surface area contributed by atoms with E-state index in [9.17, 15) is 28.4 Å². The highest BCUT2D eigenvalue weighted by Crippen LogP contribution is 2.23. The fraction of sp³-hybridized carbons (Fsp3) is 0.0769. The summed E-state index contributed by atoms with van der Waals surface area (Å²) < 4.78 is 14.1. The summed E-state index contributed by atoms with van der Waals surface area (Å²) in [6, 6.07) is 17.0. The van der Waals surface area contributed by atoms with Gasteiger partial charge in [-0.05, 0) is 55.5 Å². The summed E-state index contributed by atoms with van der Waals surface area (Å²) in [5.41, 5.74) is 3.96. The number of barbiturate groups is 1. The monoisotopic (exact) mass is 501 g/mol. The van der Waals surface area contributed by atoms with Crippen LogP contribution in [0.25, 0.3) is 0 Å². The Balaban J connectivity index is 1.39. The number of imide groups is 2. The van der Waals surface area contributed by atoms with Gasteiger partial charge in [-0.1, -0.05) is 29.8 Å². The van der Waals surface area contributed by atoms with Crippen molar-refractivity contribution >= 4 is 47.2 Å². The second-order valence-electron chi connectivity index (χ2n) is 8.02. The SMILES string of the molecule is Cc1cccc(C(=O)Nc2ccc(C(=O)N/N=C\[C@H]3C(=O)NC(=O)N(c4ccccc4F)C3=O)cc2)c1. The van der Waals surface area contributed by atoms with E-state index in [1.165, 1.54) is 42.5 Å². The summed E-state index contributed by atoms with van der Waals surface area (Å²) >= 11 is 0. The van der Waals surface area contributed by atoms with E-state index in [0.717, 1.165) is 17.8 Å². The molecular formula is C26H20FN5O5. The number of nitrogens with zero attached hydrogens (tertiary/aromatic N) is 2. The number of rotatable bonds is 6. The van der Waals surface area contributed by atoms with Crippen LogP contribution < -0.4 is 21.0 Å². The van der Waals surface area contributed by atoms with Crippen molar-refractivity contribution in [2.45, 2.75) is 6.92 Å². The Bertz CT molecular complexity index is 1440. The van der Waals surface area contributed by atoms with Gasteiger partial charge in [0.15, 0.2) is 5.92 Å². The molecule has 3 aromatic rings. The smallest absolute Gasteiger partial charge is 0.322 e. The number of urea groups is 1. The van der Waals surface area contributed by atoms with Crippen LogP contribution in [0.3, 0.4) is 0 Å². The molecule has 1 aliphatic heterocycles. The highest BCUT2D eigenvalue weighted by Gasteiger charge is 2.41. The molecule has 10 nitrogen and oxygen atoms in total. The van der Waals surface area contributed by atoms with Crippen LogP contribution in [-0.2, 0) is 9.59 Å². The first kappa shape index (κ1) is 24.9. The van der Waals surface area contributed by atoms with Gasteiger partial charge in [0.05, 0.1) is 5.69 Å². The number of amides is 6. The van der Waals surface area contributed by atoms with E-state index >= 15 is 0 Å². The zero-order valence-electron chi connectivity index (χ0n) is 19.4. The Hall–Kier alpha value is -5.19. The molecule has 0 spiro atoms. The quantitative estimate of drug-likeness (QED) is 0.271. The van der Waals surface area contributed by atoms with Gasteiger partial charge in [0, 0.05) is 23.0 Å². The zero-order valence-corrected chi connectivity index (χ0v) is 19.4. The largest absolute Gasteiger partial charge is 0.335 e. The lowest BCUT2D eigenvalue weighted by molar-refractivity contribution is -0.131. The molecule has 11 heteroatoms. The highest BCUT2D eigenvalue weighted by molar-refractivity contribution is 6.32. The van der Waals surface area contributed by atoms with Gasteiger partial charge in [0.25, 0.3) is 17.7 Å². The second-order valence-corrected chi connectivity index (χ2v) is 8.02. The minimum Gasteiger partial charge on any atom is -0.322 e. The van der Waals surface area contributed by atoms with Crippen LogP contribution in [0, 0.1) is 18.7 Å². The lowest BCUT2D eigenvalue weighted by Crippen LogP contribution is -2.59. The molecule has 1 atom stereocenters. The number of aryl methyl sites for hydroxylation is 1. The molecule has 0 bridgehead atoms. The molecule has 0 radical (unpaired) electrons. The molecule has 0 saturated carbocycles. The summed E-state index contributed by atoms with van der Waals surface area (Å²) in [6.07, 6.45) is 0.853. The molecule has 0 aliphatic carbocycles. The van der Waals surface area contributed by atoms with Crippen molar-refractivity contribution in [1.82, 2.24) is 10.7 Å². The maximum Gasteiger partial charge on any atom is 0.335 e. The molecular weight excluding hydrogens is 481 g/mol. The van der Waals surface area contributed by atoms with Gasteiger partial charge in [0.1, 0.15) is 5.82 Å². The molecule has 1 aliphatic rings. The normalized spacial score (nSPS) is 15.5. The van der Waals surface area contributed by atoms with Crippen LogP contribution in [0.15, 0.2) is 77.9 Å². The Morgan fingerprint density at radius 2 is 1.68 bits per heavy atom. The number of nitrogens with one attached hydrogen (secondary N) is 3. The average molecular weight is 501 g/mol. The van der Waals surface area contributed by atoms with Crippen LogP contribution in [0.1, 0.15) is 26.3 Å². The van der Waals surface area contributed by atoms with Gasteiger partial charge in [-0.25, -0.2) is 19.5 Å². The van der Waals surface area contributed by atoms with Crippen LogP contribution in [0.5, 0.6) is 0 Å². The van der Waals surface area contributed by atoms with Crippen molar-refractivity contribution < 1.29 is 28.4 Å². The highest BCUT2D eigenvalue weighted by atomic mass is 19.1. The molecule has 1 heterocycles. The van der Waals surface area contributed by atoms with E-state index < -0.39 is 35.5 Å². The van der Waals surface area contributed by atoms with E-state index in [1.54, 1.807) is 18.2 Å². The number of carbonyl (C=O) groups excluding carboxylic acids is 5. The van der Waals surface area contributed by atoms with Crippen molar-refractivity contribution in [2.75, 3.05) is 10.2 Å². The zero-order chi connectivity index (χ0) is 26.5. The molecule has 6 amide bonds. The third-order valence-corrected chi connectivity index (χ3v) is 5.37. The Morgan fingerprint density at radius 1 is 0.946 bits per heavy atom. The predicted molar refractivity (Wildman–Crippen MR) is 132 cm³/mol. The standard InChI is InChI=1S/C26H20FN5O5/c1-15-5-4-6-17(13-15)22(33)29-18-11-9-16(10-12-18)23(34)31-28-14-19-24(35)30-26(37)32(25(19)36)21-8-3-2-7-20(21)27/h2-14,19H,1H3,(H,29,33)(H,31,34)(H,30,35,37)/b28-14-/t19-/m0/s1. The predicted octanol–water partition coefficient (Wildman–Crippen LogP) is 3.00. The lowest BCUT2D eigenvalue weighted by Gasteiger charge is -2.28. The molecule has 37 heavy (non-hydrogen) atoms. The van der Waals surface area contributed by atoms with Crippen molar-refractivity contribution in [3.8, 4) is 0 Å². The van der Waals surface area contributed by atoms with Gasteiger partial charge in [0.2, 0.25) is 5.91 Å². The van der Waals surface area contributed by atoms with E-state index in [4.69, 9.17) is 0 Å². The summed E-state index contributed by atoms with van der Waals surface area (Å²) in [7, 11) is 0. The summed E-state index contributed by atoms with van der Waals surface area (Å²) in [5.74, 6) is -5.35. The lowest BCUT2D eigenvalue weighted by atomic mass is 10.1. The number of carbonyl (C=O) groups is 5. The van der Waals surface area contributed by atoms with Crippen LogP contribution in [-0.4, -0.2) is 35.9 Å². The maximum absolute atomic E-state index is 14.1. The number of para-hydroxylation sites is 1. The van der Waals surface area contributed by atoms with Gasteiger partial charge in [-0.2, -0.15) is 5.10 Å². The second kappa shape index (κ2) is 10.6. The molecule has 186 valence electrons. The molecule has 3 N–H and O–H groups in total. The third kappa shape index (κ3) is 5.56. The van der Waals surface area contributed by atoms with Gasteiger partial charge < -0.3 is 5.32 Å². The fourth-order valence-electron chi connectivity index (χ4n) is 3.51. The first-order valence-corrected chi connectivity index (χ1v) is 11.0. The molecule has 1 saturated heterocycles. The Kier molecular flexibility index (Phi) is 7.14. The topological polar surface area (TPSA) is 137 Å². The van der Waals surface area contributed by atoms with E-state index in [2.05, 4.69) is 15.8 Å². The van der Waals surface area contributed by atoms with Crippen LogP contribution >= 0.6 is 0 Å². The van der Waals surface area contributed by atoms with Gasteiger partial charge in [-0.3, -0.25) is 24.5 Å². The molecule has 4 rings (SSSR count). The minimum absolute atomic E-state index is 0.188. The van der Waals surface area contributed by atoms with Gasteiger partial charge >= 0.3 is 6.03 Å². The molecule has 3 aromatic carbocycles. The number of hydrogen-bond donors (Lipinski definition) is 3. The Morgan fingerprint density at radius 3 is 2.38 bits per heavy atom. The van der Waals surface area contributed by atoms with Gasteiger partial charge in [-0.15, -0.1) is 0 Å². The fourth-order valence-corrected chi connectivity index (χ4v) is 3.51. The number of benzene rings is 3. The first-order chi connectivity index (χ1) is 17.7. The summed E-state index contributed by atoms with van der Waals surface area (Å²) in [4.78, 5) is 62.3. The summed E-state index contributed by atoms with van der Waals surface area (Å²) in [5, 5.41) is 8.35. The van der Waals surface area contributed by atoms with Crippen molar-refractivity contribution in [2.24, 2.45) is 11.0 Å². The third-order valence-electron chi connectivity index (χ3n) is 5.37.